The van der Waals surface area contributed by atoms with Crippen molar-refractivity contribution in [3.05, 3.63) is 35.4 Å². The van der Waals surface area contributed by atoms with E-state index in [0.29, 0.717) is 6.54 Å². The Hall–Kier alpha value is -1.35. The summed E-state index contributed by atoms with van der Waals surface area (Å²) in [6.45, 7) is 2.70. The van der Waals surface area contributed by atoms with Crippen LogP contribution in [0.1, 0.15) is 24.0 Å². The van der Waals surface area contributed by atoms with Crippen molar-refractivity contribution in [2.45, 2.75) is 31.8 Å². The van der Waals surface area contributed by atoms with Gasteiger partial charge in [0.05, 0.1) is 5.54 Å². The standard InChI is InChI=1S/C13H18N2O/c1-10-5-3-4-6-11(10)9-15(2)12(16)13(14)7-8-13/h3-6H,7-9,14H2,1-2H3. The molecule has 1 amide bonds. The molecule has 16 heavy (non-hydrogen) atoms. The van der Waals surface area contributed by atoms with E-state index in [1.165, 1.54) is 11.1 Å². The fraction of sp³-hybridized carbons (Fsp3) is 0.462. The predicted molar refractivity (Wildman–Crippen MR) is 63.8 cm³/mol. The predicted octanol–water partition coefficient (Wildman–Crippen LogP) is 1.44. The normalized spacial score (nSPS) is 16.9. The fourth-order valence-corrected chi connectivity index (χ4v) is 1.84. The first-order valence-corrected chi connectivity index (χ1v) is 5.62. The third-order valence-electron chi connectivity index (χ3n) is 3.23. The molecule has 0 unspecified atom stereocenters. The van der Waals surface area contributed by atoms with Gasteiger partial charge in [-0.15, -0.1) is 0 Å². The summed E-state index contributed by atoms with van der Waals surface area (Å²) in [7, 11) is 1.82. The van der Waals surface area contributed by atoms with Gasteiger partial charge in [-0.25, -0.2) is 0 Å². The summed E-state index contributed by atoms with van der Waals surface area (Å²) in [5, 5.41) is 0. The second-order valence-corrected chi connectivity index (χ2v) is 4.74. The van der Waals surface area contributed by atoms with E-state index in [4.69, 9.17) is 5.73 Å². The summed E-state index contributed by atoms with van der Waals surface area (Å²) in [6, 6.07) is 8.11. The molecule has 3 heteroatoms. The van der Waals surface area contributed by atoms with Crippen LogP contribution in [0.2, 0.25) is 0 Å². The smallest absolute Gasteiger partial charge is 0.242 e. The van der Waals surface area contributed by atoms with Crippen LogP contribution in [0.25, 0.3) is 0 Å². The summed E-state index contributed by atoms with van der Waals surface area (Å²) in [5.41, 5.74) is 7.73. The zero-order chi connectivity index (χ0) is 11.8. The Morgan fingerprint density at radius 2 is 2.06 bits per heavy atom. The number of hydrogen-bond acceptors (Lipinski definition) is 2. The van der Waals surface area contributed by atoms with Gasteiger partial charge in [0.2, 0.25) is 5.91 Å². The molecule has 2 N–H and O–H groups in total. The van der Waals surface area contributed by atoms with Crippen LogP contribution in [-0.2, 0) is 11.3 Å². The number of carbonyl (C=O) groups is 1. The maximum Gasteiger partial charge on any atom is 0.242 e. The van der Waals surface area contributed by atoms with Crippen molar-refractivity contribution in [2.75, 3.05) is 7.05 Å². The number of hydrogen-bond donors (Lipinski definition) is 1. The highest BCUT2D eigenvalue weighted by atomic mass is 16.2. The van der Waals surface area contributed by atoms with E-state index in [2.05, 4.69) is 19.1 Å². The van der Waals surface area contributed by atoms with Crippen LogP contribution < -0.4 is 5.73 Å². The molecular weight excluding hydrogens is 200 g/mol. The maximum atomic E-state index is 11.9. The average molecular weight is 218 g/mol. The molecule has 86 valence electrons. The van der Waals surface area contributed by atoms with Crippen molar-refractivity contribution in [3.8, 4) is 0 Å². The van der Waals surface area contributed by atoms with Gasteiger partial charge in [0.25, 0.3) is 0 Å². The molecule has 1 saturated carbocycles. The Morgan fingerprint density at radius 3 is 2.62 bits per heavy atom. The number of benzene rings is 1. The highest BCUT2D eigenvalue weighted by Gasteiger charge is 2.47. The Morgan fingerprint density at radius 1 is 1.44 bits per heavy atom. The molecule has 0 spiro atoms. The number of nitrogens with zero attached hydrogens (tertiary/aromatic N) is 1. The minimum atomic E-state index is -0.558. The lowest BCUT2D eigenvalue weighted by molar-refractivity contribution is -0.132. The van der Waals surface area contributed by atoms with E-state index < -0.39 is 5.54 Å². The number of likely N-dealkylation sites (N-methyl/N-ethyl adjacent to an activating group) is 1. The molecule has 0 aliphatic heterocycles. The number of carbonyl (C=O) groups excluding carboxylic acids is 1. The monoisotopic (exact) mass is 218 g/mol. The molecule has 0 heterocycles. The van der Waals surface area contributed by atoms with Gasteiger partial charge in [0.15, 0.2) is 0 Å². The van der Waals surface area contributed by atoms with Crippen molar-refractivity contribution < 1.29 is 4.79 Å². The Kier molecular flexibility index (Phi) is 2.72. The Labute approximate surface area is 96.2 Å². The second kappa shape index (κ2) is 3.91. The number of aryl methyl sites for hydroxylation is 1. The second-order valence-electron chi connectivity index (χ2n) is 4.74. The summed E-state index contributed by atoms with van der Waals surface area (Å²) in [5.74, 6) is 0.0655. The topological polar surface area (TPSA) is 46.3 Å². The van der Waals surface area contributed by atoms with E-state index in [9.17, 15) is 4.79 Å². The van der Waals surface area contributed by atoms with Gasteiger partial charge in [0, 0.05) is 13.6 Å². The zero-order valence-electron chi connectivity index (χ0n) is 9.86. The Balaban J connectivity index is 2.05. The first-order valence-electron chi connectivity index (χ1n) is 5.62. The van der Waals surface area contributed by atoms with Crippen molar-refractivity contribution in [3.63, 3.8) is 0 Å². The zero-order valence-corrected chi connectivity index (χ0v) is 9.86. The molecule has 3 nitrogen and oxygen atoms in total. The summed E-state index contributed by atoms with van der Waals surface area (Å²) in [6.07, 6.45) is 1.65. The van der Waals surface area contributed by atoms with Gasteiger partial charge in [-0.05, 0) is 30.9 Å². The molecule has 0 aromatic heterocycles. The highest BCUT2D eigenvalue weighted by molar-refractivity contribution is 5.88. The fourth-order valence-electron chi connectivity index (χ4n) is 1.84. The lowest BCUT2D eigenvalue weighted by Crippen LogP contribution is -2.43. The van der Waals surface area contributed by atoms with Crippen LogP contribution in [0.5, 0.6) is 0 Å². The summed E-state index contributed by atoms with van der Waals surface area (Å²) in [4.78, 5) is 13.7. The molecule has 1 aliphatic rings. The third-order valence-corrected chi connectivity index (χ3v) is 3.23. The van der Waals surface area contributed by atoms with Crippen LogP contribution >= 0.6 is 0 Å². The van der Waals surface area contributed by atoms with E-state index >= 15 is 0 Å². The van der Waals surface area contributed by atoms with Crippen LogP contribution in [0.3, 0.4) is 0 Å². The van der Waals surface area contributed by atoms with Gasteiger partial charge in [-0.2, -0.15) is 0 Å². The van der Waals surface area contributed by atoms with Gasteiger partial charge in [-0.1, -0.05) is 24.3 Å². The first-order chi connectivity index (χ1) is 7.53. The minimum absolute atomic E-state index is 0.0655. The van der Waals surface area contributed by atoms with Gasteiger partial charge >= 0.3 is 0 Å². The molecule has 0 atom stereocenters. The van der Waals surface area contributed by atoms with Crippen molar-refractivity contribution >= 4 is 5.91 Å². The molecule has 0 radical (unpaired) electrons. The number of rotatable bonds is 3. The maximum absolute atomic E-state index is 11.9. The average Bonchev–Trinajstić information content (AvgIpc) is 3.00. The van der Waals surface area contributed by atoms with Gasteiger partial charge in [0.1, 0.15) is 0 Å². The van der Waals surface area contributed by atoms with Gasteiger partial charge in [-0.3, -0.25) is 4.79 Å². The Bertz CT molecular complexity index is 410. The first kappa shape index (κ1) is 11.1. The largest absolute Gasteiger partial charge is 0.340 e. The SMILES string of the molecule is Cc1ccccc1CN(C)C(=O)C1(N)CC1. The van der Waals surface area contributed by atoms with Crippen LogP contribution in [0.4, 0.5) is 0 Å². The highest BCUT2D eigenvalue weighted by Crippen LogP contribution is 2.34. The molecular formula is C13H18N2O. The van der Waals surface area contributed by atoms with Crippen molar-refractivity contribution in [1.82, 2.24) is 4.90 Å². The molecule has 1 aromatic rings. The van der Waals surface area contributed by atoms with Crippen molar-refractivity contribution in [1.29, 1.82) is 0 Å². The van der Waals surface area contributed by atoms with Gasteiger partial charge < -0.3 is 10.6 Å². The molecule has 1 aliphatic carbocycles. The molecule has 2 rings (SSSR count). The van der Waals surface area contributed by atoms with E-state index in [1.807, 2.05) is 19.2 Å². The lowest BCUT2D eigenvalue weighted by Gasteiger charge is -2.21. The van der Waals surface area contributed by atoms with E-state index in [-0.39, 0.29) is 5.91 Å². The number of nitrogens with two attached hydrogens (primary N) is 1. The van der Waals surface area contributed by atoms with E-state index in [0.717, 1.165) is 12.8 Å². The summed E-state index contributed by atoms with van der Waals surface area (Å²) < 4.78 is 0. The van der Waals surface area contributed by atoms with Crippen LogP contribution in [0.15, 0.2) is 24.3 Å². The molecule has 1 fully saturated rings. The molecule has 0 bridgehead atoms. The molecule has 1 aromatic carbocycles. The van der Waals surface area contributed by atoms with Crippen molar-refractivity contribution in [2.24, 2.45) is 5.73 Å². The van der Waals surface area contributed by atoms with Crippen LogP contribution in [0, 0.1) is 6.92 Å². The minimum Gasteiger partial charge on any atom is -0.340 e. The van der Waals surface area contributed by atoms with Crippen LogP contribution in [-0.4, -0.2) is 23.4 Å². The third kappa shape index (κ3) is 2.09. The summed E-state index contributed by atoms with van der Waals surface area (Å²) >= 11 is 0. The van der Waals surface area contributed by atoms with E-state index in [1.54, 1.807) is 4.90 Å². The quantitative estimate of drug-likeness (QED) is 0.834. The molecule has 0 saturated heterocycles. The lowest BCUT2D eigenvalue weighted by atomic mass is 10.1. The number of amides is 1.